The summed E-state index contributed by atoms with van der Waals surface area (Å²) in [7, 11) is 1.40. The van der Waals surface area contributed by atoms with E-state index in [1.165, 1.54) is 44.7 Å². The van der Waals surface area contributed by atoms with Gasteiger partial charge in [0, 0.05) is 109 Å². The van der Waals surface area contributed by atoms with Crippen molar-refractivity contribution in [3.63, 3.8) is 0 Å². The molecule has 736 valence electrons. The maximum atomic E-state index is 15.8. The molecular formula is C92H131N21O20S2. The number of nitrogens with two attached hydrogens (primary N) is 4. The lowest BCUT2D eigenvalue weighted by molar-refractivity contribution is -0.143. The lowest BCUT2D eigenvalue weighted by atomic mass is 9.97. The van der Waals surface area contributed by atoms with Crippen LogP contribution in [0.25, 0.3) is 32.7 Å². The van der Waals surface area contributed by atoms with Crippen LogP contribution in [0.15, 0.2) is 91.4 Å². The van der Waals surface area contributed by atoms with Gasteiger partial charge in [0.05, 0.1) is 25.4 Å². The Morgan fingerprint density at radius 2 is 1.01 bits per heavy atom. The van der Waals surface area contributed by atoms with E-state index >= 15 is 38.4 Å². The largest absolute Gasteiger partial charge is 0.481 e. The third-order valence-electron chi connectivity index (χ3n) is 23.8. The van der Waals surface area contributed by atoms with Crippen LogP contribution in [0.2, 0.25) is 0 Å². The number of nitrogens with one attached hydrogen (secondary N) is 16. The average Bonchev–Trinajstić information content (AvgIpc) is 1.66. The molecule has 3 aromatic heterocycles. The first kappa shape index (κ1) is 108. The number of amides is 17. The number of rotatable bonds is 47. The Morgan fingerprint density at radius 3 is 1.56 bits per heavy atom. The van der Waals surface area contributed by atoms with Crippen molar-refractivity contribution in [3.05, 3.63) is 108 Å². The number of carboxylic acid groups (broad SMARTS) is 1. The number of aliphatic hydroxyl groups is 1. The van der Waals surface area contributed by atoms with Crippen LogP contribution in [0.4, 0.5) is 0 Å². The highest BCUT2D eigenvalue weighted by Gasteiger charge is 2.43. The first-order valence-electron chi connectivity index (χ1n) is 46.1. The number of benzene rings is 3. The summed E-state index contributed by atoms with van der Waals surface area (Å²) >= 11 is 0. The van der Waals surface area contributed by atoms with Gasteiger partial charge in [-0.05, 0) is 112 Å². The smallest absolute Gasteiger partial charge is 0.305 e. The standard InChI is InChI=1S/C92H131N21O20S2/c1-6-8-9-10-11-12-13-14-15-36-76(118)97-38-25-23-34-64-81(122)107-69(45-77(119)120)85(126)109-71(88(129)108-70(42-56-48-100-62-32-21-18-29-59(56)62)92(133)113-39-26-35-73(113)89(130)102-63(80(96)121)33-22-24-37-93)49-134-135-50-72(110-90(131)78(51(3)7-2)111-91(132)79(52(4)114)112-86(127)65(101-53(5)115)40-54-46-98-60-30-19-16-27-57(54)60)87(128)106-68(44-75(95)117)84(125)105-67(43-74(94)116)83(124)104-66(82(123)103-64)41-55-47-99-61-31-20-17-28-58(55)61/h16-21,27-32,46-48,51-52,63-73,78-79,98-100,114H,6-15,22-26,33-45,49-50,93H2,1-5H3,(H2,94,116)(H2,95,117)(H2,96,121)(H,97,118)(H,101,115)(H,102,130)(H,103,123)(H,104,124)(H,105,125)(H,106,128)(H,107,122)(H,108,129)(H,109,126)(H,110,131)(H,111,132)(H,112,127)(H,119,120)/t51-,52+,63+,64-,65-,66-,67-,68-,69-,70-,71-,72-,73-,78-,79-/m0/s1. The number of aliphatic carboxylic acids is 1. The minimum atomic E-state index is -2.14. The molecule has 8 rings (SSSR count). The molecule has 2 fully saturated rings. The molecule has 2 aliphatic heterocycles. The summed E-state index contributed by atoms with van der Waals surface area (Å²) in [6.45, 7) is 8.01. The quantitative estimate of drug-likeness (QED) is 0.0186. The number of likely N-dealkylation sites (tertiary alicyclic amines) is 1. The number of para-hydroxylation sites is 3. The van der Waals surface area contributed by atoms with Gasteiger partial charge >= 0.3 is 5.97 Å². The van der Waals surface area contributed by atoms with Crippen molar-refractivity contribution < 1.29 is 96.5 Å². The monoisotopic (exact) mass is 1910 g/mol. The number of fused-ring (bicyclic) bond motifs is 3. The maximum Gasteiger partial charge on any atom is 0.305 e. The fourth-order valence-corrected chi connectivity index (χ4v) is 18.5. The molecule has 0 aliphatic carbocycles. The second-order valence-electron chi connectivity index (χ2n) is 34.4. The van der Waals surface area contributed by atoms with Gasteiger partial charge in [-0.1, -0.05) is 155 Å². The first-order chi connectivity index (χ1) is 64.6. The summed E-state index contributed by atoms with van der Waals surface area (Å²) < 4.78 is 0. The number of primary amides is 3. The van der Waals surface area contributed by atoms with Gasteiger partial charge in [0.15, 0.2) is 0 Å². The van der Waals surface area contributed by atoms with Gasteiger partial charge in [-0.2, -0.15) is 0 Å². The minimum Gasteiger partial charge on any atom is -0.481 e. The topological polar surface area (TPSA) is 659 Å². The number of hydrogen-bond donors (Lipinski definition) is 22. The number of carbonyl (C=O) groups excluding carboxylic acids is 17. The van der Waals surface area contributed by atoms with E-state index in [1.54, 1.807) is 92.1 Å². The highest BCUT2D eigenvalue weighted by atomic mass is 33.1. The molecule has 0 spiro atoms. The average molecular weight is 1920 g/mol. The number of unbranched alkanes of at least 4 members (excludes halogenated alkanes) is 10. The van der Waals surface area contributed by atoms with Crippen LogP contribution < -0.4 is 92.1 Å². The highest BCUT2D eigenvalue weighted by Crippen LogP contribution is 2.29. The SMILES string of the molecule is CCCCCCCCCCCC(=O)NCCCC[C@@H]1NC(=O)[C@H](Cc2c[nH]c3ccccc23)NC(=O)[C@H](CC(N)=O)NC(=O)[C@H](CC(N)=O)NC(=O)[C@@H](NC(=O)[C@@H](NC(=O)[C@@H](NC(=O)[C@H](Cc2c[nH]c3ccccc23)NC(C)=O)[C@@H](C)O)[C@@H](C)CC)CSSC[C@@H](C(=O)N[C@@H](Cc2c[nH]c3ccccc23)C(=O)N2CCC[C@H]2C(=O)N[C@H](CCCCN)C(N)=O)NC(=O)[C@H](CC(=O)O)NC1=O. The van der Waals surface area contributed by atoms with Crippen molar-refractivity contribution in [2.75, 3.05) is 31.1 Å². The van der Waals surface area contributed by atoms with E-state index in [0.717, 1.165) is 49.4 Å². The Balaban J connectivity index is 1.20. The number of hydrogen-bond acceptors (Lipinski definition) is 22. The molecule has 26 N–H and O–H groups in total. The zero-order valence-corrected chi connectivity index (χ0v) is 78.5. The van der Waals surface area contributed by atoms with Crippen LogP contribution in [0, 0.1) is 5.92 Å². The van der Waals surface area contributed by atoms with Crippen molar-refractivity contribution in [2.24, 2.45) is 28.9 Å². The lowest BCUT2D eigenvalue weighted by Crippen LogP contribution is -2.63. The number of aliphatic hydroxyl groups excluding tert-OH is 1. The van der Waals surface area contributed by atoms with Crippen LogP contribution in [0.5, 0.6) is 0 Å². The van der Waals surface area contributed by atoms with Gasteiger partial charge in [-0.15, -0.1) is 0 Å². The Kier molecular flexibility index (Phi) is 43.6. The van der Waals surface area contributed by atoms with E-state index in [9.17, 15) is 58.2 Å². The van der Waals surface area contributed by atoms with E-state index < -0.39 is 228 Å². The van der Waals surface area contributed by atoms with Gasteiger partial charge in [0.1, 0.15) is 78.5 Å². The predicted octanol–water partition coefficient (Wildman–Crippen LogP) is 0.856. The Hall–Kier alpha value is -12.6. The van der Waals surface area contributed by atoms with Crippen molar-refractivity contribution in [2.45, 2.75) is 280 Å². The summed E-state index contributed by atoms with van der Waals surface area (Å²) in [5.74, 6) is -21.5. The molecule has 2 saturated heterocycles. The van der Waals surface area contributed by atoms with E-state index in [0.29, 0.717) is 79.3 Å². The number of H-pyrrole nitrogens is 3. The molecule has 0 bridgehead atoms. The maximum absolute atomic E-state index is 15.8. The summed E-state index contributed by atoms with van der Waals surface area (Å²) in [5.41, 5.74) is 26.4. The number of aromatic nitrogens is 3. The number of carboxylic acids is 1. The van der Waals surface area contributed by atoms with Crippen molar-refractivity contribution in [1.82, 2.24) is 89.0 Å². The minimum absolute atomic E-state index is 0.0408. The Morgan fingerprint density at radius 1 is 0.511 bits per heavy atom. The number of aromatic amines is 3. The van der Waals surface area contributed by atoms with E-state index in [1.807, 2.05) is 0 Å². The van der Waals surface area contributed by atoms with Crippen LogP contribution in [-0.4, -0.2) is 252 Å². The van der Waals surface area contributed by atoms with E-state index in [2.05, 4.69) is 91.0 Å². The lowest BCUT2D eigenvalue weighted by Gasteiger charge is -2.31. The van der Waals surface area contributed by atoms with Crippen LogP contribution in [0.1, 0.15) is 193 Å². The van der Waals surface area contributed by atoms with Crippen LogP contribution in [0.3, 0.4) is 0 Å². The molecule has 17 amide bonds. The normalized spacial score (nSPS) is 20.0. The third kappa shape index (κ3) is 33.7. The third-order valence-corrected chi connectivity index (χ3v) is 26.3. The molecule has 2 aliphatic rings. The molecule has 5 heterocycles. The second-order valence-corrected chi connectivity index (χ2v) is 37.0. The molecule has 0 radical (unpaired) electrons. The summed E-state index contributed by atoms with van der Waals surface area (Å²) in [4.78, 5) is 270. The first-order valence-corrected chi connectivity index (χ1v) is 48.6. The van der Waals surface area contributed by atoms with Gasteiger partial charge in [-0.25, -0.2) is 0 Å². The van der Waals surface area contributed by atoms with Crippen molar-refractivity contribution in [3.8, 4) is 0 Å². The zero-order chi connectivity index (χ0) is 98.4. The molecule has 0 unspecified atom stereocenters. The summed E-state index contributed by atoms with van der Waals surface area (Å²) in [6.07, 6.45) is 9.87. The summed E-state index contributed by atoms with van der Waals surface area (Å²) in [6, 6.07) is -1.67. The predicted molar refractivity (Wildman–Crippen MR) is 506 cm³/mol. The fraction of sp³-hybridized carbons (Fsp3) is 0.543. The van der Waals surface area contributed by atoms with Gasteiger partial charge < -0.3 is 122 Å². The van der Waals surface area contributed by atoms with Gasteiger partial charge in [0.2, 0.25) is 100 Å². The van der Waals surface area contributed by atoms with E-state index in [-0.39, 0.29) is 89.7 Å². The fourth-order valence-electron chi connectivity index (χ4n) is 16.2. The van der Waals surface area contributed by atoms with E-state index in [4.69, 9.17) is 22.9 Å². The van der Waals surface area contributed by atoms with Crippen molar-refractivity contribution >= 4 is 161 Å². The van der Waals surface area contributed by atoms with Crippen molar-refractivity contribution in [1.29, 1.82) is 0 Å². The number of carbonyl (C=O) groups is 18. The molecule has 15 atom stereocenters. The molecule has 0 saturated carbocycles. The Labute approximate surface area is 789 Å². The zero-order valence-electron chi connectivity index (χ0n) is 76.8. The highest BCUT2D eigenvalue weighted by molar-refractivity contribution is 8.76. The molecule has 41 nitrogen and oxygen atoms in total. The second kappa shape index (κ2) is 54.6. The Bertz CT molecular complexity index is 5120. The molecule has 135 heavy (non-hydrogen) atoms. The summed E-state index contributed by atoms with van der Waals surface area (Å²) in [5, 5.41) is 57.2. The number of nitrogens with zero attached hydrogens (tertiary/aromatic N) is 1. The molecule has 6 aromatic rings. The molecular weight excluding hydrogens is 1780 g/mol. The molecule has 3 aromatic carbocycles. The van der Waals surface area contributed by atoms with Gasteiger partial charge in [-0.3, -0.25) is 86.3 Å². The van der Waals surface area contributed by atoms with Crippen LogP contribution in [-0.2, 0) is 106 Å². The van der Waals surface area contributed by atoms with Gasteiger partial charge in [0.25, 0.3) is 0 Å². The molecule has 43 heteroatoms. The van der Waals surface area contributed by atoms with Crippen LogP contribution >= 0.6 is 21.6 Å².